The van der Waals surface area contributed by atoms with Crippen LogP contribution in [0.25, 0.3) is 0 Å². The van der Waals surface area contributed by atoms with Gasteiger partial charge in [-0.1, -0.05) is 36.8 Å². The molecule has 6 heteroatoms. The normalized spacial score (nSPS) is 11.7. The highest BCUT2D eigenvalue weighted by molar-refractivity contribution is 8.13. The molecule has 0 fully saturated rings. The van der Waals surface area contributed by atoms with Crippen molar-refractivity contribution >= 4 is 19.7 Å². The van der Waals surface area contributed by atoms with Crippen LogP contribution < -0.4 is 0 Å². The molecule has 0 aliphatic carbocycles. The van der Waals surface area contributed by atoms with Crippen molar-refractivity contribution in [1.82, 2.24) is 9.55 Å². The van der Waals surface area contributed by atoms with Gasteiger partial charge in [-0.3, -0.25) is 0 Å². The van der Waals surface area contributed by atoms with Gasteiger partial charge in [-0.2, -0.15) is 0 Å². The fourth-order valence-corrected chi connectivity index (χ4v) is 2.66. The molecule has 0 radical (unpaired) electrons. The van der Waals surface area contributed by atoms with Gasteiger partial charge >= 0.3 is 0 Å². The molecule has 2 aromatic rings. The van der Waals surface area contributed by atoms with E-state index in [0.717, 1.165) is 5.56 Å². The molecule has 1 aromatic heterocycles. The van der Waals surface area contributed by atoms with Crippen molar-refractivity contribution in [3.63, 3.8) is 0 Å². The van der Waals surface area contributed by atoms with Gasteiger partial charge in [0.05, 0.1) is 0 Å². The van der Waals surface area contributed by atoms with Crippen molar-refractivity contribution in [1.29, 1.82) is 0 Å². The molecule has 0 aliphatic heterocycles. The molecule has 0 bridgehead atoms. The minimum absolute atomic E-state index is 0.0846. The number of nitrogens with zero attached hydrogens (tertiary/aromatic N) is 2. The second kappa shape index (κ2) is 5.35. The van der Waals surface area contributed by atoms with Crippen molar-refractivity contribution in [3.8, 4) is 0 Å². The highest BCUT2D eigenvalue weighted by Crippen LogP contribution is 2.16. The Morgan fingerprint density at radius 3 is 2.68 bits per heavy atom. The van der Waals surface area contributed by atoms with Gasteiger partial charge < -0.3 is 4.57 Å². The first-order valence-corrected chi connectivity index (χ1v) is 8.27. The van der Waals surface area contributed by atoms with Crippen molar-refractivity contribution in [2.24, 2.45) is 0 Å². The average Bonchev–Trinajstić information content (AvgIpc) is 2.72. The largest absolute Gasteiger partial charge is 0.329 e. The molecule has 0 N–H and O–H groups in total. The minimum atomic E-state index is -3.77. The van der Waals surface area contributed by atoms with Gasteiger partial charge in [0.2, 0.25) is 0 Å². The number of aryl methyl sites for hydroxylation is 2. The Morgan fingerprint density at radius 1 is 1.37 bits per heavy atom. The Labute approximate surface area is 117 Å². The average molecular weight is 299 g/mol. The van der Waals surface area contributed by atoms with Gasteiger partial charge in [-0.15, -0.1) is 0 Å². The molecule has 1 aromatic carbocycles. The molecule has 19 heavy (non-hydrogen) atoms. The first-order chi connectivity index (χ1) is 8.90. The zero-order valence-corrected chi connectivity index (χ0v) is 12.4. The van der Waals surface area contributed by atoms with Crippen molar-refractivity contribution in [3.05, 3.63) is 47.4 Å². The molecule has 4 nitrogen and oxygen atoms in total. The van der Waals surface area contributed by atoms with E-state index in [1.54, 1.807) is 0 Å². The first kappa shape index (κ1) is 14.1. The van der Waals surface area contributed by atoms with E-state index >= 15 is 0 Å². The second-order valence-electron chi connectivity index (χ2n) is 4.40. The van der Waals surface area contributed by atoms with E-state index in [1.807, 2.05) is 36.6 Å². The van der Waals surface area contributed by atoms with Gasteiger partial charge in [0.1, 0.15) is 5.82 Å². The lowest BCUT2D eigenvalue weighted by Crippen LogP contribution is -2.03. The van der Waals surface area contributed by atoms with Crippen LogP contribution in [0.15, 0.2) is 35.5 Å². The van der Waals surface area contributed by atoms with Crippen molar-refractivity contribution < 1.29 is 8.42 Å². The lowest BCUT2D eigenvalue weighted by Gasteiger charge is -2.06. The number of aromatic nitrogens is 2. The zero-order chi connectivity index (χ0) is 14.0. The monoisotopic (exact) mass is 298 g/mol. The summed E-state index contributed by atoms with van der Waals surface area (Å²) < 4.78 is 24.4. The second-order valence-corrected chi connectivity index (χ2v) is 6.92. The summed E-state index contributed by atoms with van der Waals surface area (Å²) in [5.74, 6) is 0.709. The van der Waals surface area contributed by atoms with Crippen LogP contribution in [-0.2, 0) is 22.0 Å². The highest BCUT2D eigenvalue weighted by atomic mass is 35.7. The SMILES string of the molecule is CCc1nc(S(=O)(=O)Cl)cn1Cc1cccc(C)c1. The number of hydrogen-bond donors (Lipinski definition) is 0. The first-order valence-electron chi connectivity index (χ1n) is 5.96. The third-order valence-electron chi connectivity index (χ3n) is 2.84. The lowest BCUT2D eigenvalue weighted by atomic mass is 10.1. The molecule has 1 heterocycles. The van der Waals surface area contributed by atoms with E-state index in [4.69, 9.17) is 10.7 Å². The maximum atomic E-state index is 11.3. The molecular weight excluding hydrogens is 284 g/mol. The molecule has 0 spiro atoms. The topological polar surface area (TPSA) is 52.0 Å². The molecule has 0 saturated heterocycles. The van der Waals surface area contributed by atoms with E-state index in [1.165, 1.54) is 11.8 Å². The summed E-state index contributed by atoms with van der Waals surface area (Å²) in [6.07, 6.45) is 2.14. The summed E-state index contributed by atoms with van der Waals surface area (Å²) >= 11 is 0. The van der Waals surface area contributed by atoms with Crippen molar-refractivity contribution in [2.45, 2.75) is 31.8 Å². The van der Waals surface area contributed by atoms with E-state index in [-0.39, 0.29) is 5.03 Å². The molecular formula is C13H15ClN2O2S. The molecule has 0 amide bonds. The smallest absolute Gasteiger partial charge is 0.280 e. The Bertz CT molecular complexity index is 692. The Balaban J connectivity index is 2.37. The van der Waals surface area contributed by atoms with Gasteiger partial charge in [0.15, 0.2) is 5.03 Å². The van der Waals surface area contributed by atoms with Crippen LogP contribution in [0.4, 0.5) is 0 Å². The molecule has 0 atom stereocenters. The van der Waals surface area contributed by atoms with Crippen LogP contribution in [0.5, 0.6) is 0 Å². The third-order valence-corrected chi connectivity index (χ3v) is 4.01. The number of benzene rings is 1. The number of hydrogen-bond acceptors (Lipinski definition) is 3. The van der Waals surface area contributed by atoms with Gasteiger partial charge in [0.25, 0.3) is 9.05 Å². The molecule has 102 valence electrons. The number of halogens is 1. The summed E-state index contributed by atoms with van der Waals surface area (Å²) in [5, 5.41) is -0.0846. The summed E-state index contributed by atoms with van der Waals surface area (Å²) in [6.45, 7) is 4.54. The molecule has 0 aliphatic rings. The minimum Gasteiger partial charge on any atom is -0.329 e. The lowest BCUT2D eigenvalue weighted by molar-refractivity contribution is 0.606. The van der Waals surface area contributed by atoms with Gasteiger partial charge in [-0.25, -0.2) is 13.4 Å². The van der Waals surface area contributed by atoms with Crippen LogP contribution in [0.3, 0.4) is 0 Å². The van der Waals surface area contributed by atoms with Crippen LogP contribution in [0, 0.1) is 6.92 Å². The van der Waals surface area contributed by atoms with E-state index in [0.29, 0.717) is 18.8 Å². The summed E-state index contributed by atoms with van der Waals surface area (Å²) in [4.78, 5) is 4.06. The molecule has 0 saturated carbocycles. The highest BCUT2D eigenvalue weighted by Gasteiger charge is 2.17. The van der Waals surface area contributed by atoms with E-state index < -0.39 is 9.05 Å². The summed E-state index contributed by atoms with van der Waals surface area (Å²) in [7, 11) is 1.55. The zero-order valence-electron chi connectivity index (χ0n) is 10.8. The fraction of sp³-hybridized carbons (Fsp3) is 0.308. The van der Waals surface area contributed by atoms with E-state index in [2.05, 4.69) is 11.1 Å². The predicted molar refractivity (Wildman–Crippen MR) is 74.9 cm³/mol. The van der Waals surface area contributed by atoms with E-state index in [9.17, 15) is 8.42 Å². The Kier molecular flexibility index (Phi) is 3.96. The van der Waals surface area contributed by atoms with Gasteiger partial charge in [-0.05, 0) is 12.5 Å². The van der Waals surface area contributed by atoms with Crippen LogP contribution >= 0.6 is 10.7 Å². The Hall–Kier alpha value is -1.33. The Morgan fingerprint density at radius 2 is 2.11 bits per heavy atom. The number of rotatable bonds is 4. The number of imidazole rings is 1. The summed E-state index contributed by atoms with van der Waals surface area (Å²) in [6, 6.07) is 8.06. The van der Waals surface area contributed by atoms with Crippen molar-refractivity contribution in [2.75, 3.05) is 0 Å². The third kappa shape index (κ3) is 3.36. The quantitative estimate of drug-likeness (QED) is 0.816. The van der Waals surface area contributed by atoms with Crippen LogP contribution in [-0.4, -0.2) is 18.0 Å². The maximum Gasteiger partial charge on any atom is 0.280 e. The standard InChI is InChI=1S/C13H15ClN2O2S/c1-3-12-15-13(19(14,17)18)9-16(12)8-11-6-4-5-10(2)7-11/h4-7,9H,3,8H2,1-2H3. The fourth-order valence-electron chi connectivity index (χ4n) is 1.97. The molecule has 2 rings (SSSR count). The summed E-state index contributed by atoms with van der Waals surface area (Å²) in [5.41, 5.74) is 2.27. The predicted octanol–water partition coefficient (Wildman–Crippen LogP) is 2.73. The molecule has 0 unspecified atom stereocenters. The van der Waals surface area contributed by atoms with Crippen LogP contribution in [0.2, 0.25) is 0 Å². The maximum absolute atomic E-state index is 11.3. The van der Waals surface area contributed by atoms with Crippen LogP contribution in [0.1, 0.15) is 23.9 Å². The van der Waals surface area contributed by atoms with Gasteiger partial charge in [0, 0.05) is 29.8 Å².